The van der Waals surface area contributed by atoms with E-state index in [1.807, 2.05) is 18.2 Å². The van der Waals surface area contributed by atoms with Gasteiger partial charge in [0, 0.05) is 22.0 Å². The van der Waals surface area contributed by atoms with Gasteiger partial charge < -0.3 is 4.42 Å². The first-order chi connectivity index (χ1) is 8.25. The lowest BCUT2D eigenvalue weighted by molar-refractivity contribution is 0.0970. The van der Waals surface area contributed by atoms with Gasteiger partial charge in [-0.1, -0.05) is 12.1 Å². The van der Waals surface area contributed by atoms with Gasteiger partial charge in [-0.25, -0.2) is 0 Å². The fourth-order valence-corrected chi connectivity index (χ4v) is 2.83. The SMILES string of the molecule is O=C1CCCc2occ(-c3cccc(I)c3)c21. The summed E-state index contributed by atoms with van der Waals surface area (Å²) < 4.78 is 6.69. The molecule has 1 aromatic heterocycles. The van der Waals surface area contributed by atoms with Crippen molar-refractivity contribution in [3.05, 3.63) is 45.4 Å². The van der Waals surface area contributed by atoms with Gasteiger partial charge in [-0.15, -0.1) is 0 Å². The van der Waals surface area contributed by atoms with Gasteiger partial charge in [-0.3, -0.25) is 4.79 Å². The molecule has 0 aliphatic heterocycles. The zero-order valence-corrected chi connectivity index (χ0v) is 11.4. The number of carbonyl (C=O) groups is 1. The first-order valence-corrected chi connectivity index (χ1v) is 6.73. The molecule has 0 atom stereocenters. The molecule has 2 nitrogen and oxygen atoms in total. The molecule has 0 saturated heterocycles. The average Bonchev–Trinajstić information content (AvgIpc) is 2.74. The van der Waals surface area contributed by atoms with Crippen LogP contribution >= 0.6 is 22.6 Å². The number of carbonyl (C=O) groups excluding carboxylic acids is 1. The number of fused-ring (bicyclic) bond motifs is 1. The molecule has 1 heterocycles. The smallest absolute Gasteiger partial charge is 0.167 e. The Morgan fingerprint density at radius 2 is 2.12 bits per heavy atom. The predicted molar refractivity (Wildman–Crippen MR) is 74.1 cm³/mol. The first kappa shape index (κ1) is 11.0. The van der Waals surface area contributed by atoms with Crippen LogP contribution in [-0.4, -0.2) is 5.78 Å². The fraction of sp³-hybridized carbons (Fsp3) is 0.214. The maximum Gasteiger partial charge on any atom is 0.167 e. The number of furan rings is 1. The van der Waals surface area contributed by atoms with Crippen molar-refractivity contribution in [1.29, 1.82) is 0 Å². The second-order valence-corrected chi connectivity index (χ2v) is 5.48. The number of aryl methyl sites for hydroxylation is 1. The van der Waals surface area contributed by atoms with Crippen molar-refractivity contribution in [1.82, 2.24) is 0 Å². The summed E-state index contributed by atoms with van der Waals surface area (Å²) in [6, 6.07) is 8.14. The summed E-state index contributed by atoms with van der Waals surface area (Å²) >= 11 is 2.28. The minimum atomic E-state index is 0.217. The Hall–Kier alpha value is -1.10. The number of benzene rings is 1. The molecule has 1 aliphatic rings. The van der Waals surface area contributed by atoms with Crippen molar-refractivity contribution in [3.63, 3.8) is 0 Å². The molecule has 0 radical (unpaired) electrons. The van der Waals surface area contributed by atoms with Gasteiger partial charge >= 0.3 is 0 Å². The number of ketones is 1. The number of Topliss-reactive ketones (excluding diaryl/α,β-unsaturated/α-hetero) is 1. The summed E-state index contributed by atoms with van der Waals surface area (Å²) in [7, 11) is 0. The highest BCUT2D eigenvalue weighted by Crippen LogP contribution is 2.33. The molecule has 0 amide bonds. The minimum absolute atomic E-state index is 0.217. The number of hydrogen-bond donors (Lipinski definition) is 0. The van der Waals surface area contributed by atoms with E-state index < -0.39 is 0 Å². The van der Waals surface area contributed by atoms with Gasteiger partial charge in [0.05, 0.1) is 11.8 Å². The normalized spacial score (nSPS) is 14.8. The largest absolute Gasteiger partial charge is 0.468 e. The van der Waals surface area contributed by atoms with Crippen molar-refractivity contribution < 1.29 is 9.21 Å². The van der Waals surface area contributed by atoms with E-state index in [0.717, 1.165) is 35.3 Å². The Bertz CT molecular complexity index is 584. The van der Waals surface area contributed by atoms with E-state index in [1.54, 1.807) is 6.26 Å². The lowest BCUT2D eigenvalue weighted by Gasteiger charge is -2.10. The van der Waals surface area contributed by atoms with E-state index in [9.17, 15) is 4.79 Å². The standard InChI is InChI=1S/C14H11IO2/c15-10-4-1-3-9(7-10)11-8-17-13-6-2-5-12(16)14(11)13/h1,3-4,7-8H,2,5-6H2. The van der Waals surface area contributed by atoms with E-state index >= 15 is 0 Å². The first-order valence-electron chi connectivity index (χ1n) is 5.65. The number of halogens is 1. The zero-order chi connectivity index (χ0) is 11.8. The maximum absolute atomic E-state index is 12.0. The summed E-state index contributed by atoms with van der Waals surface area (Å²) in [4.78, 5) is 12.0. The Morgan fingerprint density at radius 1 is 1.24 bits per heavy atom. The van der Waals surface area contributed by atoms with Crippen LogP contribution in [0.15, 0.2) is 34.9 Å². The fourth-order valence-electron chi connectivity index (χ4n) is 2.29. The van der Waals surface area contributed by atoms with Crippen LogP contribution in [0.5, 0.6) is 0 Å². The van der Waals surface area contributed by atoms with Gasteiger partial charge in [0.2, 0.25) is 0 Å². The Balaban J connectivity index is 2.16. The van der Waals surface area contributed by atoms with Crippen molar-refractivity contribution in [3.8, 4) is 11.1 Å². The summed E-state index contributed by atoms with van der Waals surface area (Å²) in [6.45, 7) is 0. The van der Waals surface area contributed by atoms with Crippen LogP contribution < -0.4 is 0 Å². The molecule has 0 fully saturated rings. The van der Waals surface area contributed by atoms with Crippen LogP contribution in [0, 0.1) is 3.57 Å². The van der Waals surface area contributed by atoms with Crippen molar-refractivity contribution in [2.24, 2.45) is 0 Å². The quantitative estimate of drug-likeness (QED) is 0.734. The van der Waals surface area contributed by atoms with Crippen molar-refractivity contribution >= 4 is 28.4 Å². The van der Waals surface area contributed by atoms with E-state index in [0.29, 0.717) is 6.42 Å². The summed E-state index contributed by atoms with van der Waals surface area (Å²) in [5.74, 6) is 1.07. The van der Waals surface area contributed by atoms with Gasteiger partial charge in [0.1, 0.15) is 5.76 Å². The lowest BCUT2D eigenvalue weighted by Crippen LogP contribution is -2.09. The highest BCUT2D eigenvalue weighted by Gasteiger charge is 2.24. The van der Waals surface area contributed by atoms with Gasteiger partial charge in [-0.05, 0) is 46.7 Å². The van der Waals surface area contributed by atoms with E-state index in [1.165, 1.54) is 3.57 Å². The van der Waals surface area contributed by atoms with E-state index in [-0.39, 0.29) is 5.78 Å². The summed E-state index contributed by atoms with van der Waals surface area (Å²) in [5.41, 5.74) is 2.82. The van der Waals surface area contributed by atoms with Crippen LogP contribution in [0.3, 0.4) is 0 Å². The predicted octanol–water partition coefficient (Wildman–Crippen LogP) is 4.07. The third-order valence-corrected chi connectivity index (χ3v) is 3.76. The second kappa shape index (κ2) is 4.29. The van der Waals surface area contributed by atoms with E-state index in [4.69, 9.17) is 4.42 Å². The number of rotatable bonds is 1. The Labute approximate surface area is 113 Å². The van der Waals surface area contributed by atoms with Gasteiger partial charge in [-0.2, -0.15) is 0 Å². The minimum Gasteiger partial charge on any atom is -0.468 e. The molecule has 3 rings (SSSR count). The van der Waals surface area contributed by atoms with Crippen molar-refractivity contribution in [2.45, 2.75) is 19.3 Å². The molecule has 86 valence electrons. The Morgan fingerprint density at radius 3 is 2.94 bits per heavy atom. The van der Waals surface area contributed by atoms with Crippen LogP contribution in [0.4, 0.5) is 0 Å². The zero-order valence-electron chi connectivity index (χ0n) is 9.20. The summed E-state index contributed by atoms with van der Waals surface area (Å²) in [6.07, 6.45) is 4.15. The Kier molecular flexibility index (Phi) is 2.78. The molecule has 1 aromatic carbocycles. The molecular weight excluding hydrogens is 327 g/mol. The molecule has 0 saturated carbocycles. The molecule has 0 bridgehead atoms. The average molecular weight is 338 g/mol. The number of hydrogen-bond acceptors (Lipinski definition) is 2. The monoisotopic (exact) mass is 338 g/mol. The van der Waals surface area contributed by atoms with Crippen molar-refractivity contribution in [2.75, 3.05) is 0 Å². The summed E-state index contributed by atoms with van der Waals surface area (Å²) in [5, 5.41) is 0. The topological polar surface area (TPSA) is 30.2 Å². The maximum atomic E-state index is 12.0. The molecule has 1 aliphatic carbocycles. The van der Waals surface area contributed by atoms with Crippen LogP contribution in [0.1, 0.15) is 29.0 Å². The molecule has 3 heteroatoms. The third kappa shape index (κ3) is 1.92. The highest BCUT2D eigenvalue weighted by molar-refractivity contribution is 14.1. The second-order valence-electron chi connectivity index (χ2n) is 4.23. The molecule has 0 unspecified atom stereocenters. The molecular formula is C14H11IO2. The van der Waals surface area contributed by atoms with Crippen LogP contribution in [0.2, 0.25) is 0 Å². The molecule has 0 N–H and O–H groups in total. The van der Waals surface area contributed by atoms with Gasteiger partial charge in [0.15, 0.2) is 5.78 Å². The third-order valence-electron chi connectivity index (χ3n) is 3.09. The lowest BCUT2D eigenvalue weighted by atomic mass is 9.91. The molecule has 0 spiro atoms. The van der Waals surface area contributed by atoms with Gasteiger partial charge in [0.25, 0.3) is 0 Å². The molecule has 2 aromatic rings. The van der Waals surface area contributed by atoms with E-state index in [2.05, 4.69) is 28.7 Å². The molecule has 17 heavy (non-hydrogen) atoms. The highest BCUT2D eigenvalue weighted by atomic mass is 127. The van der Waals surface area contributed by atoms with Crippen LogP contribution in [0.25, 0.3) is 11.1 Å². The van der Waals surface area contributed by atoms with Crippen LogP contribution in [-0.2, 0) is 6.42 Å².